The van der Waals surface area contributed by atoms with E-state index in [1.54, 1.807) is 42.5 Å². The van der Waals surface area contributed by atoms with Crippen molar-refractivity contribution in [3.8, 4) is 0 Å². The Morgan fingerprint density at radius 1 is 1.26 bits per heavy atom. The first kappa shape index (κ1) is 17.3. The number of hydrogen-bond donors (Lipinski definition) is 3. The molecule has 1 unspecified atom stereocenters. The first-order chi connectivity index (χ1) is 10.9. The average Bonchev–Trinajstić information content (AvgIpc) is 2.94. The van der Waals surface area contributed by atoms with Gasteiger partial charge in [0.25, 0.3) is 0 Å². The second-order valence-corrected chi connectivity index (χ2v) is 5.57. The molecule has 1 aromatic carbocycles. The number of nitrogens with one attached hydrogen (secondary N) is 2. The van der Waals surface area contributed by atoms with E-state index in [9.17, 15) is 18.0 Å². The number of amides is 2. The Hall–Kier alpha value is -2.02. The third-order valence-electron chi connectivity index (χ3n) is 3.71. The third-order valence-corrected chi connectivity index (χ3v) is 3.71. The molecule has 0 bridgehead atoms. The minimum absolute atomic E-state index is 0.0461. The number of rotatable bonds is 5. The van der Waals surface area contributed by atoms with Crippen LogP contribution >= 0.6 is 0 Å². The Morgan fingerprint density at radius 2 is 1.96 bits per heavy atom. The van der Waals surface area contributed by atoms with Gasteiger partial charge in [-0.25, -0.2) is 4.79 Å². The Labute approximate surface area is 132 Å². The van der Waals surface area contributed by atoms with Gasteiger partial charge in [0.1, 0.15) is 6.04 Å². The monoisotopic (exact) mass is 328 g/mol. The van der Waals surface area contributed by atoms with Crippen molar-refractivity contribution in [1.29, 1.82) is 0 Å². The number of benzene rings is 1. The van der Waals surface area contributed by atoms with Crippen molar-refractivity contribution in [1.82, 2.24) is 10.6 Å². The van der Waals surface area contributed by atoms with E-state index < -0.39 is 18.2 Å². The van der Waals surface area contributed by atoms with Crippen molar-refractivity contribution in [2.24, 2.45) is 5.92 Å². The maximum Gasteiger partial charge on any atom is 0.408 e. The number of aliphatic hydroxyl groups is 1. The van der Waals surface area contributed by atoms with Crippen LogP contribution in [0.2, 0.25) is 0 Å². The van der Waals surface area contributed by atoms with E-state index in [-0.39, 0.29) is 25.0 Å². The highest BCUT2D eigenvalue weighted by molar-refractivity contribution is 5.75. The zero-order valence-electron chi connectivity index (χ0n) is 12.4. The number of alkyl halides is 3. The van der Waals surface area contributed by atoms with Crippen molar-refractivity contribution in [3.63, 3.8) is 0 Å². The lowest BCUT2D eigenvalue weighted by molar-refractivity contribution is -0.152. The summed E-state index contributed by atoms with van der Waals surface area (Å²) in [6, 6.07) is 5.02. The molecular formula is C16H19F3N2O2. The van der Waals surface area contributed by atoms with Crippen molar-refractivity contribution in [2.75, 3.05) is 6.61 Å². The van der Waals surface area contributed by atoms with E-state index in [0.29, 0.717) is 12.0 Å². The molecule has 0 radical (unpaired) electrons. The van der Waals surface area contributed by atoms with Gasteiger partial charge < -0.3 is 15.7 Å². The smallest absolute Gasteiger partial charge is 0.396 e. The number of urea groups is 1. The lowest BCUT2D eigenvalue weighted by Crippen LogP contribution is -2.52. The molecule has 0 saturated heterocycles. The van der Waals surface area contributed by atoms with Gasteiger partial charge in [0, 0.05) is 25.0 Å². The van der Waals surface area contributed by atoms with Crippen molar-refractivity contribution in [3.05, 3.63) is 48.0 Å². The van der Waals surface area contributed by atoms with E-state index in [4.69, 9.17) is 5.11 Å². The number of aliphatic hydroxyl groups excluding tert-OH is 1. The number of halogens is 3. The molecule has 2 amide bonds. The summed E-state index contributed by atoms with van der Waals surface area (Å²) in [5.74, 6) is -0.0666. The molecule has 3 atom stereocenters. The van der Waals surface area contributed by atoms with Gasteiger partial charge in [-0.1, -0.05) is 42.5 Å². The Bertz CT molecular complexity index is 546. The van der Waals surface area contributed by atoms with Crippen LogP contribution in [0.25, 0.3) is 0 Å². The highest BCUT2D eigenvalue weighted by Crippen LogP contribution is 2.23. The molecule has 0 aromatic heterocycles. The van der Waals surface area contributed by atoms with Gasteiger partial charge in [-0.05, 0) is 12.0 Å². The minimum atomic E-state index is -4.54. The molecule has 0 saturated carbocycles. The first-order valence-electron chi connectivity index (χ1n) is 7.35. The molecule has 3 N–H and O–H groups in total. The maximum atomic E-state index is 13.1. The average molecular weight is 328 g/mol. The second kappa shape index (κ2) is 7.50. The summed E-state index contributed by atoms with van der Waals surface area (Å²) >= 11 is 0. The van der Waals surface area contributed by atoms with Gasteiger partial charge in [0.2, 0.25) is 0 Å². The quantitative estimate of drug-likeness (QED) is 0.727. The van der Waals surface area contributed by atoms with E-state index in [1.165, 1.54) is 0 Å². The van der Waals surface area contributed by atoms with Crippen LogP contribution in [-0.4, -0.2) is 36.0 Å². The van der Waals surface area contributed by atoms with Crippen LogP contribution in [0.4, 0.5) is 18.0 Å². The number of hydrogen-bond acceptors (Lipinski definition) is 2. The largest absolute Gasteiger partial charge is 0.408 e. The van der Waals surface area contributed by atoms with Gasteiger partial charge in [-0.2, -0.15) is 13.2 Å². The SMILES string of the molecule is O=C(NC(Cc1ccccc1)C(F)(F)F)N[C@@H]1C=C[C@H](CO)C1. The van der Waals surface area contributed by atoms with E-state index in [1.807, 2.05) is 5.32 Å². The molecule has 1 aliphatic carbocycles. The standard InChI is InChI=1S/C16H19F3N2O2/c17-16(18,19)14(9-11-4-2-1-3-5-11)21-15(23)20-13-7-6-12(8-13)10-22/h1-7,12-14,22H,8-10H2,(H2,20,21,23)/t12-,13+,14?/m0/s1. The van der Waals surface area contributed by atoms with Gasteiger partial charge in [-0.15, -0.1) is 0 Å². The lowest BCUT2D eigenvalue weighted by Gasteiger charge is -2.23. The summed E-state index contributed by atoms with van der Waals surface area (Å²) in [6.45, 7) is -0.0461. The van der Waals surface area contributed by atoms with Gasteiger partial charge in [0.05, 0.1) is 0 Å². The molecule has 7 heteroatoms. The Balaban J connectivity index is 1.93. The fourth-order valence-corrected chi connectivity index (χ4v) is 2.48. The van der Waals surface area contributed by atoms with E-state index in [0.717, 1.165) is 0 Å². The second-order valence-electron chi connectivity index (χ2n) is 5.57. The summed E-state index contributed by atoms with van der Waals surface area (Å²) in [5.41, 5.74) is 0.497. The molecule has 126 valence electrons. The molecule has 0 spiro atoms. The summed E-state index contributed by atoms with van der Waals surface area (Å²) < 4.78 is 39.3. The molecule has 0 fully saturated rings. The summed E-state index contributed by atoms with van der Waals surface area (Å²) in [6.07, 6.45) is -0.945. The van der Waals surface area contributed by atoms with Crippen LogP contribution in [0.1, 0.15) is 12.0 Å². The molecule has 1 aromatic rings. The van der Waals surface area contributed by atoms with Crippen LogP contribution in [0, 0.1) is 5.92 Å². The molecule has 0 heterocycles. The molecule has 0 aliphatic heterocycles. The maximum absolute atomic E-state index is 13.1. The molecule has 2 rings (SSSR count). The highest BCUT2D eigenvalue weighted by atomic mass is 19.4. The van der Waals surface area contributed by atoms with Crippen LogP contribution in [0.15, 0.2) is 42.5 Å². The topological polar surface area (TPSA) is 61.4 Å². The van der Waals surface area contributed by atoms with Crippen molar-refractivity contribution >= 4 is 6.03 Å². The Kier molecular flexibility index (Phi) is 5.65. The summed E-state index contributed by atoms with van der Waals surface area (Å²) in [7, 11) is 0. The molecule has 23 heavy (non-hydrogen) atoms. The van der Waals surface area contributed by atoms with Crippen LogP contribution in [0.3, 0.4) is 0 Å². The number of carbonyl (C=O) groups is 1. The molecule has 1 aliphatic rings. The zero-order valence-corrected chi connectivity index (χ0v) is 12.4. The Morgan fingerprint density at radius 3 is 2.52 bits per heavy atom. The van der Waals surface area contributed by atoms with E-state index >= 15 is 0 Å². The molecular weight excluding hydrogens is 309 g/mol. The van der Waals surface area contributed by atoms with Crippen molar-refractivity contribution in [2.45, 2.75) is 31.1 Å². The molecule has 4 nitrogen and oxygen atoms in total. The van der Waals surface area contributed by atoms with Crippen molar-refractivity contribution < 1.29 is 23.1 Å². The highest BCUT2D eigenvalue weighted by Gasteiger charge is 2.40. The first-order valence-corrected chi connectivity index (χ1v) is 7.35. The van der Waals surface area contributed by atoms with E-state index in [2.05, 4.69) is 5.32 Å². The predicted molar refractivity (Wildman–Crippen MR) is 79.8 cm³/mol. The summed E-state index contributed by atoms with van der Waals surface area (Å²) in [5, 5.41) is 13.5. The van der Waals surface area contributed by atoms with Crippen LogP contribution < -0.4 is 10.6 Å². The van der Waals surface area contributed by atoms with Gasteiger partial charge in [-0.3, -0.25) is 0 Å². The number of carbonyl (C=O) groups excluding carboxylic acids is 1. The fourth-order valence-electron chi connectivity index (χ4n) is 2.48. The third kappa shape index (κ3) is 5.28. The normalized spacial score (nSPS) is 21.9. The van der Waals surface area contributed by atoms with Gasteiger partial charge >= 0.3 is 12.2 Å². The lowest BCUT2D eigenvalue weighted by atomic mass is 10.1. The minimum Gasteiger partial charge on any atom is -0.396 e. The summed E-state index contributed by atoms with van der Waals surface area (Å²) in [4.78, 5) is 11.8. The fraction of sp³-hybridized carbons (Fsp3) is 0.438. The zero-order chi connectivity index (χ0) is 16.9. The van der Waals surface area contributed by atoms with Gasteiger partial charge in [0.15, 0.2) is 0 Å². The predicted octanol–water partition coefficient (Wildman–Crippen LogP) is 2.40. The van der Waals surface area contributed by atoms with Crippen LogP contribution in [-0.2, 0) is 6.42 Å². The van der Waals surface area contributed by atoms with Crippen LogP contribution in [0.5, 0.6) is 0 Å².